The molecule has 0 aliphatic heterocycles. The molecule has 13 heteroatoms. The summed E-state index contributed by atoms with van der Waals surface area (Å²) in [5.74, 6) is 0. The van der Waals surface area contributed by atoms with E-state index in [1.807, 2.05) is 6.92 Å². The monoisotopic (exact) mass is 546 g/mol. The molecule has 0 heterocycles. The Morgan fingerprint density at radius 1 is 0.645 bits per heavy atom. The second-order valence-corrected chi connectivity index (χ2v) is 35.7. The van der Waals surface area contributed by atoms with E-state index in [4.69, 9.17) is 25.6 Å². The molecule has 0 radical (unpaired) electrons. The number of hydrogen-bond acceptors (Lipinski definition) is 7. The van der Waals surface area contributed by atoms with Gasteiger partial charge >= 0.3 is 26.4 Å². The van der Waals surface area contributed by atoms with Crippen LogP contribution in [0.25, 0.3) is 0 Å². The van der Waals surface area contributed by atoms with Crippen molar-refractivity contribution < 1.29 is 30.7 Å². The van der Waals surface area contributed by atoms with Crippen LogP contribution in [0.4, 0.5) is 0 Å². The predicted octanol–water partition coefficient (Wildman–Crippen LogP) is 4.50. The van der Waals surface area contributed by atoms with Gasteiger partial charge in [-0.15, -0.1) is 0 Å². The van der Waals surface area contributed by atoms with Crippen LogP contribution >= 0.6 is 0 Å². The summed E-state index contributed by atoms with van der Waals surface area (Å²) in [6.07, 6.45) is -0.671. The minimum absolute atomic E-state index is 0.190. The van der Waals surface area contributed by atoms with E-state index in [9.17, 15) is 5.11 Å². The third-order valence-electron chi connectivity index (χ3n) is 3.55. The number of rotatable bonds is 15. The minimum atomic E-state index is -2.40. The smallest absolute Gasteiger partial charge is 0.333 e. The Morgan fingerprint density at radius 2 is 1.03 bits per heavy atom. The number of aliphatic hydroxyl groups is 1. The highest BCUT2D eigenvalue weighted by molar-refractivity contribution is 6.86. The summed E-state index contributed by atoms with van der Waals surface area (Å²) in [4.78, 5) is 0. The zero-order chi connectivity index (χ0) is 24.9. The van der Waals surface area contributed by atoms with Crippen LogP contribution in [0.1, 0.15) is 6.92 Å². The summed E-state index contributed by atoms with van der Waals surface area (Å²) >= 11 is 0. The van der Waals surface area contributed by atoms with Crippen molar-refractivity contribution in [2.75, 3.05) is 13.2 Å². The van der Waals surface area contributed by atoms with Crippen molar-refractivity contribution in [3.05, 3.63) is 0 Å². The van der Waals surface area contributed by atoms with E-state index in [-0.39, 0.29) is 18.9 Å². The molecular formula is C18H50O7Si6. The normalized spacial score (nSPS) is 16.6. The van der Waals surface area contributed by atoms with E-state index < -0.39 is 57.5 Å². The highest BCUT2D eigenvalue weighted by Crippen LogP contribution is 2.23. The molecule has 0 aliphatic carbocycles. The fraction of sp³-hybridized carbons (Fsp3) is 1.00. The maximum atomic E-state index is 10.3. The average Bonchev–Trinajstić information content (AvgIpc) is 2.43. The standard InChI is InChI=1S/C18H50O7Si6/c1-17(20-15-18(19)16-21-27(2,3)4)26(22-30(11,12)24-28(5,6)7)23-31(13,14)25-29(8,9)10/h17-19,26H,15-16H2,1-14H3. The van der Waals surface area contributed by atoms with Crippen LogP contribution < -0.4 is 0 Å². The first-order valence-corrected chi connectivity index (χ1v) is 28.7. The topological polar surface area (TPSA) is 75.6 Å². The van der Waals surface area contributed by atoms with E-state index >= 15 is 0 Å². The van der Waals surface area contributed by atoms with Crippen LogP contribution in [0.2, 0.25) is 85.1 Å². The van der Waals surface area contributed by atoms with Crippen LogP contribution in [-0.2, 0) is 25.6 Å². The largest absolute Gasteiger partial charge is 0.437 e. The van der Waals surface area contributed by atoms with Crippen molar-refractivity contribution in [1.29, 1.82) is 0 Å². The van der Waals surface area contributed by atoms with Crippen molar-refractivity contribution in [2.24, 2.45) is 0 Å². The van der Waals surface area contributed by atoms with E-state index in [2.05, 4.69) is 85.1 Å². The second-order valence-electron chi connectivity index (χ2n) is 11.9. The third-order valence-corrected chi connectivity index (χ3v) is 20.8. The van der Waals surface area contributed by atoms with Gasteiger partial charge in [0.05, 0.1) is 25.0 Å². The van der Waals surface area contributed by atoms with Crippen molar-refractivity contribution in [2.45, 2.75) is 104 Å². The van der Waals surface area contributed by atoms with Crippen LogP contribution in [0.3, 0.4) is 0 Å². The molecule has 0 amide bonds. The highest BCUT2D eigenvalue weighted by atomic mass is 28.5. The Labute approximate surface area is 198 Å². The average molecular weight is 547 g/mol. The minimum Gasteiger partial charge on any atom is -0.437 e. The number of ether oxygens (including phenoxy) is 1. The number of aliphatic hydroxyl groups excluding tert-OH is 1. The predicted molar refractivity (Wildman–Crippen MR) is 144 cm³/mol. The lowest BCUT2D eigenvalue weighted by molar-refractivity contribution is -0.00520. The summed E-state index contributed by atoms with van der Waals surface area (Å²) in [6.45, 7) is 30.1. The third kappa shape index (κ3) is 18.1. The Hall–Kier alpha value is 1.02. The van der Waals surface area contributed by atoms with Gasteiger partial charge in [-0.2, -0.15) is 0 Å². The lowest BCUT2D eigenvalue weighted by Crippen LogP contribution is -2.57. The molecule has 0 rings (SSSR count). The van der Waals surface area contributed by atoms with E-state index in [1.54, 1.807) is 0 Å². The molecular weight excluding hydrogens is 497 g/mol. The molecule has 0 fully saturated rings. The molecule has 0 saturated carbocycles. The molecule has 0 aromatic carbocycles. The van der Waals surface area contributed by atoms with Gasteiger partial charge in [0.15, 0.2) is 25.0 Å². The summed E-state index contributed by atoms with van der Waals surface area (Å²) in [5, 5.41) is 10.3. The first-order chi connectivity index (χ1) is 13.5. The summed E-state index contributed by atoms with van der Waals surface area (Å²) in [5.41, 5.74) is -0.254. The fourth-order valence-corrected chi connectivity index (χ4v) is 23.7. The van der Waals surface area contributed by atoms with Crippen molar-refractivity contribution >= 4 is 51.4 Å². The molecule has 0 bridgehead atoms. The van der Waals surface area contributed by atoms with Crippen LogP contribution in [0.15, 0.2) is 0 Å². The van der Waals surface area contributed by atoms with Gasteiger partial charge < -0.3 is 30.7 Å². The summed E-state index contributed by atoms with van der Waals surface area (Å²) in [6, 6.07) is 0. The molecule has 0 aliphatic rings. The van der Waals surface area contributed by atoms with Gasteiger partial charge in [-0.25, -0.2) is 0 Å². The zero-order valence-electron chi connectivity index (χ0n) is 22.5. The Bertz CT molecular complexity index is 499. The second kappa shape index (κ2) is 12.1. The molecule has 0 spiro atoms. The molecule has 2 atom stereocenters. The molecule has 2 unspecified atom stereocenters. The van der Waals surface area contributed by atoms with Crippen LogP contribution in [-0.4, -0.2) is 81.5 Å². The maximum Gasteiger partial charge on any atom is 0.333 e. The lowest BCUT2D eigenvalue weighted by Gasteiger charge is -2.39. The van der Waals surface area contributed by atoms with Crippen LogP contribution in [0, 0.1) is 0 Å². The Balaban J connectivity index is 5.28. The molecule has 188 valence electrons. The molecule has 0 saturated heterocycles. The summed E-state index contributed by atoms with van der Waals surface area (Å²) in [7, 11) is -12.3. The lowest BCUT2D eigenvalue weighted by atomic mass is 10.4. The van der Waals surface area contributed by atoms with E-state index in [0.29, 0.717) is 0 Å². The van der Waals surface area contributed by atoms with Gasteiger partial charge in [-0.3, -0.25) is 0 Å². The van der Waals surface area contributed by atoms with Gasteiger partial charge in [0.2, 0.25) is 0 Å². The SMILES string of the molecule is CC(OCC(O)CO[Si](C)(C)C)[SiH](O[Si](C)(C)O[Si](C)(C)C)O[Si](C)(C)O[Si](C)(C)C. The highest BCUT2D eigenvalue weighted by Gasteiger charge is 2.42. The van der Waals surface area contributed by atoms with E-state index in [1.165, 1.54) is 0 Å². The van der Waals surface area contributed by atoms with Gasteiger partial charge in [-0.1, -0.05) is 0 Å². The Morgan fingerprint density at radius 3 is 1.35 bits per heavy atom. The molecule has 7 nitrogen and oxygen atoms in total. The van der Waals surface area contributed by atoms with Gasteiger partial charge in [0.25, 0.3) is 0 Å². The molecule has 0 aromatic rings. The fourth-order valence-electron chi connectivity index (χ4n) is 3.03. The van der Waals surface area contributed by atoms with Crippen molar-refractivity contribution in [1.82, 2.24) is 0 Å². The van der Waals surface area contributed by atoms with Crippen molar-refractivity contribution in [3.8, 4) is 0 Å². The van der Waals surface area contributed by atoms with Gasteiger partial charge in [-0.05, 0) is 92.0 Å². The zero-order valence-corrected chi connectivity index (χ0v) is 28.7. The van der Waals surface area contributed by atoms with Gasteiger partial charge in [0.1, 0.15) is 0 Å². The first-order valence-electron chi connectivity index (χ1n) is 11.2. The van der Waals surface area contributed by atoms with Gasteiger partial charge in [0, 0.05) is 0 Å². The van der Waals surface area contributed by atoms with E-state index in [0.717, 1.165) is 0 Å². The number of hydrogen-bond donors (Lipinski definition) is 1. The van der Waals surface area contributed by atoms with Crippen LogP contribution in [0.5, 0.6) is 0 Å². The Kier molecular flexibility index (Phi) is 12.5. The molecule has 31 heavy (non-hydrogen) atoms. The summed E-state index contributed by atoms with van der Waals surface area (Å²) < 4.78 is 37.8. The first kappa shape index (κ1) is 32.0. The molecule has 0 aromatic heterocycles. The molecule has 1 N–H and O–H groups in total. The van der Waals surface area contributed by atoms with Crippen molar-refractivity contribution in [3.63, 3.8) is 0 Å². The maximum absolute atomic E-state index is 10.3. The quantitative estimate of drug-likeness (QED) is 0.303.